The summed E-state index contributed by atoms with van der Waals surface area (Å²) in [5.41, 5.74) is 3.91. The minimum absolute atomic E-state index is 0.412. The zero-order valence-electron chi connectivity index (χ0n) is 11.8. The summed E-state index contributed by atoms with van der Waals surface area (Å²) in [6.07, 6.45) is 2.84. The predicted molar refractivity (Wildman–Crippen MR) is 75.0 cm³/mol. The van der Waals surface area contributed by atoms with E-state index in [0.29, 0.717) is 12.4 Å². The normalized spacial score (nSPS) is 48.5. The van der Waals surface area contributed by atoms with Crippen molar-refractivity contribution in [3.05, 3.63) is 0 Å². The molecule has 1 saturated heterocycles. The Labute approximate surface area is 123 Å². The molecule has 1 saturated carbocycles. The molecule has 20 heavy (non-hydrogen) atoms. The van der Waals surface area contributed by atoms with Gasteiger partial charge in [0.2, 0.25) is 0 Å². The van der Waals surface area contributed by atoms with Gasteiger partial charge in [-0.1, -0.05) is 38.5 Å². The molecule has 0 aromatic heterocycles. The standard InChI is InChI=1S/C14H18N4OS/c1-3-4-5-11(2)12(8-15)10(17)18-14(13(11,12)9-16)19-6-7-20-14/h3-7H2,1-2H3,(H2,17,18)/p+1/t11-,12+,13-,14-/m1/s1. The molecule has 0 radical (unpaired) electrons. The fourth-order valence-corrected chi connectivity index (χ4v) is 5.86. The number of rotatable bonds is 3. The van der Waals surface area contributed by atoms with Gasteiger partial charge in [-0.15, -0.1) is 0 Å². The van der Waals surface area contributed by atoms with Crippen molar-refractivity contribution in [2.24, 2.45) is 22.0 Å². The Balaban J connectivity index is 2.16. The Morgan fingerprint density at radius 3 is 2.70 bits per heavy atom. The van der Waals surface area contributed by atoms with E-state index in [1.165, 1.54) is 0 Å². The molecule has 106 valence electrons. The average molecular weight is 291 g/mol. The van der Waals surface area contributed by atoms with Crippen LogP contribution in [0.4, 0.5) is 0 Å². The minimum Gasteiger partial charge on any atom is -0.327 e. The van der Waals surface area contributed by atoms with Gasteiger partial charge < -0.3 is 4.74 Å². The molecule has 1 spiro atoms. The van der Waals surface area contributed by atoms with Crippen molar-refractivity contribution in [2.75, 3.05) is 12.4 Å². The topological polar surface area (TPSA) is 96.8 Å². The lowest BCUT2D eigenvalue weighted by Gasteiger charge is -2.27. The van der Waals surface area contributed by atoms with Crippen LogP contribution in [0.25, 0.3) is 0 Å². The molecule has 0 bridgehead atoms. The molecule has 0 aromatic rings. The van der Waals surface area contributed by atoms with E-state index in [1.807, 2.05) is 6.92 Å². The van der Waals surface area contributed by atoms with Gasteiger partial charge in [-0.05, 0) is 6.42 Å². The SMILES string of the molecule is CCCC[C@]1(C)[C@]2(C#N)C(N)=[NH+][C@@]3(OCCS3)[C@]12C#N. The van der Waals surface area contributed by atoms with Crippen LogP contribution in [0.3, 0.4) is 0 Å². The molecule has 2 fully saturated rings. The van der Waals surface area contributed by atoms with Crippen molar-refractivity contribution in [3.8, 4) is 12.1 Å². The monoisotopic (exact) mass is 291 g/mol. The van der Waals surface area contributed by atoms with Crippen LogP contribution >= 0.6 is 11.8 Å². The van der Waals surface area contributed by atoms with E-state index in [0.717, 1.165) is 25.0 Å². The first-order valence-corrected chi connectivity index (χ1v) is 8.02. The number of unbranched alkanes of at least 4 members (excludes halogenated alkanes) is 1. The number of nitrogens with two attached hydrogens (primary N) is 1. The van der Waals surface area contributed by atoms with Crippen molar-refractivity contribution in [2.45, 2.75) is 38.2 Å². The molecular weight excluding hydrogens is 272 g/mol. The molecule has 0 aromatic carbocycles. The second kappa shape index (κ2) is 3.90. The number of hydrogen-bond acceptors (Lipinski definition) is 5. The summed E-state index contributed by atoms with van der Waals surface area (Å²) < 4.78 is 5.90. The average Bonchev–Trinajstić information content (AvgIpc) is 2.75. The summed E-state index contributed by atoms with van der Waals surface area (Å²) in [5.74, 6) is 1.23. The van der Waals surface area contributed by atoms with Crippen LogP contribution in [-0.2, 0) is 4.74 Å². The molecule has 0 amide bonds. The van der Waals surface area contributed by atoms with Crippen molar-refractivity contribution >= 4 is 17.6 Å². The Kier molecular flexibility index (Phi) is 2.68. The summed E-state index contributed by atoms with van der Waals surface area (Å²) in [6.45, 7) is 4.72. The highest BCUT2D eigenvalue weighted by Crippen LogP contribution is 2.85. The van der Waals surface area contributed by atoms with Gasteiger partial charge in [-0.2, -0.15) is 10.5 Å². The van der Waals surface area contributed by atoms with E-state index in [2.05, 4.69) is 24.1 Å². The first kappa shape index (κ1) is 13.7. The van der Waals surface area contributed by atoms with E-state index in [9.17, 15) is 10.5 Å². The van der Waals surface area contributed by atoms with Crippen LogP contribution in [-0.4, -0.2) is 23.3 Å². The highest BCUT2D eigenvalue weighted by atomic mass is 32.2. The highest BCUT2D eigenvalue weighted by molar-refractivity contribution is 8.00. The summed E-state index contributed by atoms with van der Waals surface area (Å²) in [5, 5.41) is 18.9. The maximum atomic E-state index is 9.94. The third kappa shape index (κ3) is 1.02. The van der Waals surface area contributed by atoms with Gasteiger partial charge >= 0.3 is 0 Å². The molecule has 2 heterocycles. The number of amidine groups is 1. The molecule has 3 rings (SSSR count). The van der Waals surface area contributed by atoms with Gasteiger partial charge in [0.1, 0.15) is 0 Å². The summed E-state index contributed by atoms with van der Waals surface area (Å²) in [7, 11) is 0. The number of thioether (sulfide) groups is 1. The maximum Gasteiger partial charge on any atom is 0.277 e. The lowest BCUT2D eigenvalue weighted by molar-refractivity contribution is -0.585. The van der Waals surface area contributed by atoms with E-state index in [4.69, 9.17) is 10.5 Å². The summed E-state index contributed by atoms with van der Waals surface area (Å²) >= 11 is 1.57. The van der Waals surface area contributed by atoms with Crippen LogP contribution in [0, 0.1) is 38.9 Å². The Bertz CT molecular complexity index is 571. The molecular formula is C14H19N4OS+. The number of hydrogen-bond donors (Lipinski definition) is 2. The van der Waals surface area contributed by atoms with Crippen molar-refractivity contribution in [3.63, 3.8) is 0 Å². The Hall–Kier alpha value is -1.24. The van der Waals surface area contributed by atoms with Crippen molar-refractivity contribution < 1.29 is 9.73 Å². The minimum atomic E-state index is -0.929. The lowest BCUT2D eigenvalue weighted by atomic mass is 9.87. The largest absolute Gasteiger partial charge is 0.327 e. The first-order chi connectivity index (χ1) is 9.52. The molecule has 0 unspecified atom stereocenters. The van der Waals surface area contributed by atoms with Gasteiger partial charge in [0.05, 0.1) is 18.7 Å². The Morgan fingerprint density at radius 2 is 2.20 bits per heavy atom. The smallest absolute Gasteiger partial charge is 0.277 e. The van der Waals surface area contributed by atoms with E-state index in [-0.39, 0.29) is 0 Å². The lowest BCUT2D eigenvalue weighted by Crippen LogP contribution is -2.88. The predicted octanol–water partition coefficient (Wildman–Crippen LogP) is 0.0851. The second-order valence-corrected chi connectivity index (χ2v) is 7.28. The molecule has 5 nitrogen and oxygen atoms in total. The first-order valence-electron chi connectivity index (χ1n) is 7.03. The van der Waals surface area contributed by atoms with E-state index >= 15 is 0 Å². The van der Waals surface area contributed by atoms with Crippen LogP contribution in [0.15, 0.2) is 0 Å². The van der Waals surface area contributed by atoms with Gasteiger partial charge in [-0.25, -0.2) is 4.99 Å². The highest BCUT2D eigenvalue weighted by Gasteiger charge is 3.01. The van der Waals surface area contributed by atoms with Crippen LogP contribution < -0.4 is 10.7 Å². The molecule has 3 N–H and O–H groups in total. The van der Waals surface area contributed by atoms with Gasteiger partial charge in [-0.3, -0.25) is 5.73 Å². The quantitative estimate of drug-likeness (QED) is 0.768. The Morgan fingerprint density at radius 1 is 1.45 bits per heavy atom. The fourth-order valence-electron chi connectivity index (χ4n) is 4.41. The number of fused-ring (bicyclic) bond motifs is 2. The van der Waals surface area contributed by atoms with Gasteiger partial charge in [0, 0.05) is 11.2 Å². The van der Waals surface area contributed by atoms with Crippen molar-refractivity contribution in [1.29, 1.82) is 10.5 Å². The van der Waals surface area contributed by atoms with Crippen LogP contribution in [0.5, 0.6) is 0 Å². The van der Waals surface area contributed by atoms with Crippen LogP contribution in [0.1, 0.15) is 33.1 Å². The zero-order valence-corrected chi connectivity index (χ0v) is 12.6. The third-order valence-electron chi connectivity index (χ3n) is 5.41. The maximum absolute atomic E-state index is 9.94. The molecule has 2 aliphatic heterocycles. The van der Waals surface area contributed by atoms with E-state index < -0.39 is 21.3 Å². The number of nitrogens with one attached hydrogen (secondary N) is 1. The molecule has 1 aliphatic carbocycles. The van der Waals surface area contributed by atoms with Gasteiger partial charge in [0.15, 0.2) is 10.8 Å². The molecule has 6 heteroatoms. The number of ether oxygens (including phenoxy) is 1. The third-order valence-corrected chi connectivity index (χ3v) is 6.72. The zero-order chi connectivity index (χ0) is 14.6. The van der Waals surface area contributed by atoms with E-state index in [1.54, 1.807) is 11.8 Å². The van der Waals surface area contributed by atoms with Gasteiger partial charge in [0.25, 0.3) is 10.9 Å². The van der Waals surface area contributed by atoms with Crippen molar-refractivity contribution in [1.82, 2.24) is 0 Å². The number of nitriles is 2. The molecule has 3 aliphatic rings. The molecule has 4 atom stereocenters. The van der Waals surface area contributed by atoms with Crippen LogP contribution in [0.2, 0.25) is 0 Å². The summed E-state index contributed by atoms with van der Waals surface area (Å²) in [6, 6.07) is 4.80. The second-order valence-electron chi connectivity index (χ2n) is 6.01. The summed E-state index contributed by atoms with van der Waals surface area (Å²) in [4.78, 5) is 3.13. The fraction of sp³-hybridized carbons (Fsp3) is 0.786. The number of nitrogens with zero attached hydrogens (tertiary/aromatic N) is 2.